The van der Waals surface area contributed by atoms with Crippen molar-refractivity contribution in [2.45, 2.75) is 38.5 Å². The number of carbonyl (C=O) groups is 2. The van der Waals surface area contributed by atoms with Crippen LogP contribution >= 0.6 is 0 Å². The summed E-state index contributed by atoms with van der Waals surface area (Å²) in [6.07, 6.45) is -3.23. The molecule has 1 saturated heterocycles. The average Bonchev–Trinajstić information content (AvgIpc) is 3.38. The van der Waals surface area contributed by atoms with E-state index < -0.39 is 11.6 Å². The number of benzene rings is 1. The van der Waals surface area contributed by atoms with Crippen LogP contribution < -0.4 is 5.32 Å². The lowest BCUT2D eigenvalue weighted by molar-refractivity contribution is -0.186. The normalized spacial score (nSPS) is 22.2. The number of nitrogens with one attached hydrogen (secondary N) is 1. The number of ether oxygens (including phenoxy) is 1. The molecule has 8 heteroatoms. The number of rotatable bonds is 5. The van der Waals surface area contributed by atoms with Crippen LogP contribution in [0, 0.1) is 16.7 Å². The first kappa shape index (κ1) is 19.1. The van der Waals surface area contributed by atoms with Crippen molar-refractivity contribution in [3.8, 4) is 0 Å². The van der Waals surface area contributed by atoms with Gasteiger partial charge in [0.1, 0.15) is 6.61 Å². The first-order chi connectivity index (χ1) is 13.2. The Bertz CT molecular complexity index is 748. The first-order valence-corrected chi connectivity index (χ1v) is 9.52. The predicted molar refractivity (Wildman–Crippen MR) is 94.1 cm³/mol. The number of amides is 2. The lowest BCUT2D eigenvalue weighted by Crippen LogP contribution is -2.65. The second-order valence-corrected chi connectivity index (χ2v) is 8.50. The number of alkyl halides is 3. The lowest BCUT2D eigenvalue weighted by Gasteiger charge is -2.57. The molecule has 1 N–H and O–H groups in total. The highest BCUT2D eigenvalue weighted by Crippen LogP contribution is 2.57. The van der Waals surface area contributed by atoms with Gasteiger partial charge in [-0.05, 0) is 31.2 Å². The van der Waals surface area contributed by atoms with E-state index in [0.29, 0.717) is 25.9 Å². The molecule has 1 aromatic rings. The van der Waals surface area contributed by atoms with Crippen molar-refractivity contribution in [2.75, 3.05) is 19.6 Å². The third-order valence-electron chi connectivity index (χ3n) is 6.30. The van der Waals surface area contributed by atoms with Crippen molar-refractivity contribution in [3.05, 3.63) is 35.9 Å². The molecule has 152 valence electrons. The molecular weight excluding hydrogens is 373 g/mol. The van der Waals surface area contributed by atoms with E-state index in [1.54, 1.807) is 4.90 Å². The van der Waals surface area contributed by atoms with Crippen molar-refractivity contribution >= 4 is 12.0 Å². The molecule has 3 fully saturated rings. The van der Waals surface area contributed by atoms with E-state index in [0.717, 1.165) is 5.56 Å². The van der Waals surface area contributed by atoms with Gasteiger partial charge in [0.05, 0.1) is 5.41 Å². The minimum Gasteiger partial charge on any atom is -0.445 e. The second-order valence-electron chi connectivity index (χ2n) is 8.50. The molecule has 0 unspecified atom stereocenters. The molecule has 4 rings (SSSR count). The van der Waals surface area contributed by atoms with Crippen LogP contribution in [0.3, 0.4) is 0 Å². The summed E-state index contributed by atoms with van der Waals surface area (Å²) in [5, 5.41) is 2.49. The Morgan fingerprint density at radius 1 is 1.14 bits per heavy atom. The molecule has 0 bridgehead atoms. The van der Waals surface area contributed by atoms with Crippen LogP contribution in [0.2, 0.25) is 0 Å². The zero-order valence-electron chi connectivity index (χ0n) is 15.4. The summed E-state index contributed by atoms with van der Waals surface area (Å²) in [6, 6.07) is 9.40. The summed E-state index contributed by atoms with van der Waals surface area (Å²) in [5.74, 6) is -0.558. The first-order valence-electron chi connectivity index (χ1n) is 9.52. The SMILES string of the molecule is O=C(NCC1(C(F)(F)F)CC1)C1CC2(C1)CN(C(=O)OCc1ccccc1)C2. The van der Waals surface area contributed by atoms with Gasteiger partial charge in [-0.15, -0.1) is 0 Å². The fourth-order valence-corrected chi connectivity index (χ4v) is 4.24. The van der Waals surface area contributed by atoms with Gasteiger partial charge in [0.15, 0.2) is 0 Å². The number of likely N-dealkylation sites (tertiary alicyclic amines) is 1. The van der Waals surface area contributed by atoms with Crippen LogP contribution in [0.15, 0.2) is 30.3 Å². The van der Waals surface area contributed by atoms with Crippen molar-refractivity contribution in [2.24, 2.45) is 16.7 Å². The van der Waals surface area contributed by atoms with Gasteiger partial charge in [-0.25, -0.2) is 4.79 Å². The van der Waals surface area contributed by atoms with E-state index in [1.807, 2.05) is 30.3 Å². The van der Waals surface area contributed by atoms with Crippen LogP contribution in [0.4, 0.5) is 18.0 Å². The molecule has 2 amide bonds. The van der Waals surface area contributed by atoms with Crippen LogP contribution in [-0.4, -0.2) is 42.7 Å². The number of hydrogen-bond donors (Lipinski definition) is 1. The fraction of sp³-hybridized carbons (Fsp3) is 0.600. The number of nitrogens with zero attached hydrogens (tertiary/aromatic N) is 1. The highest BCUT2D eigenvalue weighted by Gasteiger charge is 2.63. The number of halogens is 3. The Balaban J connectivity index is 1.16. The molecule has 0 aromatic heterocycles. The zero-order chi connectivity index (χ0) is 20.0. The highest BCUT2D eigenvalue weighted by atomic mass is 19.4. The molecule has 2 aliphatic carbocycles. The van der Waals surface area contributed by atoms with Gasteiger partial charge in [-0.2, -0.15) is 13.2 Å². The van der Waals surface area contributed by atoms with Crippen LogP contribution in [0.1, 0.15) is 31.2 Å². The molecule has 0 radical (unpaired) electrons. The monoisotopic (exact) mass is 396 g/mol. The van der Waals surface area contributed by atoms with Crippen LogP contribution in [0.25, 0.3) is 0 Å². The van der Waals surface area contributed by atoms with E-state index in [2.05, 4.69) is 5.32 Å². The Morgan fingerprint density at radius 2 is 1.79 bits per heavy atom. The largest absolute Gasteiger partial charge is 0.445 e. The van der Waals surface area contributed by atoms with Gasteiger partial charge < -0.3 is 15.0 Å². The summed E-state index contributed by atoms with van der Waals surface area (Å²) in [6.45, 7) is 0.972. The topological polar surface area (TPSA) is 58.6 Å². The van der Waals surface area contributed by atoms with Gasteiger partial charge in [0, 0.05) is 31.0 Å². The van der Waals surface area contributed by atoms with Crippen molar-refractivity contribution in [1.29, 1.82) is 0 Å². The molecule has 3 aliphatic rings. The second kappa shape index (κ2) is 6.67. The van der Waals surface area contributed by atoms with Gasteiger partial charge in [-0.1, -0.05) is 30.3 Å². The molecule has 1 aromatic carbocycles. The molecule has 1 heterocycles. The summed E-state index contributed by atoms with van der Waals surface area (Å²) >= 11 is 0. The molecule has 0 atom stereocenters. The maximum atomic E-state index is 12.9. The van der Waals surface area contributed by atoms with Crippen LogP contribution in [-0.2, 0) is 16.1 Å². The molecular formula is C20H23F3N2O3. The van der Waals surface area contributed by atoms with Gasteiger partial charge in [0.25, 0.3) is 0 Å². The van der Waals surface area contributed by atoms with E-state index >= 15 is 0 Å². The summed E-state index contributed by atoms with van der Waals surface area (Å²) < 4.78 is 44.0. The van der Waals surface area contributed by atoms with Gasteiger partial charge in [0.2, 0.25) is 5.91 Å². The Kier molecular flexibility index (Phi) is 4.55. The Hall–Kier alpha value is -2.25. The third-order valence-corrected chi connectivity index (χ3v) is 6.30. The summed E-state index contributed by atoms with van der Waals surface area (Å²) in [5.41, 5.74) is -0.867. The van der Waals surface area contributed by atoms with Gasteiger partial charge >= 0.3 is 12.3 Å². The van der Waals surface area contributed by atoms with Crippen molar-refractivity contribution in [1.82, 2.24) is 10.2 Å². The quantitative estimate of drug-likeness (QED) is 0.829. The lowest BCUT2D eigenvalue weighted by atomic mass is 9.57. The molecule has 28 heavy (non-hydrogen) atoms. The molecule has 2 saturated carbocycles. The average molecular weight is 396 g/mol. The smallest absolute Gasteiger partial charge is 0.410 e. The summed E-state index contributed by atoms with van der Waals surface area (Å²) in [4.78, 5) is 25.8. The predicted octanol–water partition coefficient (Wildman–Crippen LogP) is 3.49. The van der Waals surface area contributed by atoms with Crippen LogP contribution in [0.5, 0.6) is 0 Å². The maximum Gasteiger partial charge on any atom is 0.410 e. The number of carbonyl (C=O) groups excluding carboxylic acids is 2. The van der Waals surface area contributed by atoms with E-state index in [1.165, 1.54) is 0 Å². The van der Waals surface area contributed by atoms with Crippen molar-refractivity contribution in [3.63, 3.8) is 0 Å². The maximum absolute atomic E-state index is 12.9. The molecule has 1 spiro atoms. The molecule has 1 aliphatic heterocycles. The molecule has 5 nitrogen and oxygen atoms in total. The minimum absolute atomic E-state index is 0.0743. The van der Waals surface area contributed by atoms with Gasteiger partial charge in [-0.3, -0.25) is 4.79 Å². The Labute approximate surface area is 161 Å². The van der Waals surface area contributed by atoms with E-state index in [9.17, 15) is 22.8 Å². The standard InChI is InChI=1S/C20H23F3N2O3/c21-20(22,23)19(6-7-19)11-24-16(26)15-8-18(9-15)12-25(13-18)17(27)28-10-14-4-2-1-3-5-14/h1-5,15H,6-13H2,(H,24,26). The van der Waals surface area contributed by atoms with Crippen molar-refractivity contribution < 1.29 is 27.5 Å². The fourth-order valence-electron chi connectivity index (χ4n) is 4.24. The summed E-state index contributed by atoms with van der Waals surface area (Å²) in [7, 11) is 0. The third kappa shape index (κ3) is 3.56. The minimum atomic E-state index is -4.25. The van der Waals surface area contributed by atoms with E-state index in [4.69, 9.17) is 4.74 Å². The highest BCUT2D eigenvalue weighted by molar-refractivity contribution is 5.80. The van der Waals surface area contributed by atoms with E-state index in [-0.39, 0.29) is 49.3 Å². The number of hydrogen-bond acceptors (Lipinski definition) is 3. The zero-order valence-corrected chi connectivity index (χ0v) is 15.4. The Morgan fingerprint density at radius 3 is 2.36 bits per heavy atom.